The Morgan fingerprint density at radius 1 is 0.976 bits per heavy atom. The number of carbonyl (C=O) groups excluding carboxylic acids is 3. The molecular weight excluding hydrogens is 520 g/mol. The van der Waals surface area contributed by atoms with Gasteiger partial charge in [-0.3, -0.25) is 14.4 Å². The van der Waals surface area contributed by atoms with Crippen LogP contribution in [0.25, 0.3) is 0 Å². The maximum absolute atomic E-state index is 14.7. The molecule has 5 rings (SSSR count). The van der Waals surface area contributed by atoms with Crippen molar-refractivity contribution in [2.75, 3.05) is 49.6 Å². The van der Waals surface area contributed by atoms with E-state index < -0.39 is 35.1 Å². The Labute approximate surface area is 243 Å². The zero-order valence-corrected chi connectivity index (χ0v) is 25.1. The Bertz CT molecular complexity index is 1240. The highest BCUT2D eigenvalue weighted by Crippen LogP contribution is 2.58. The Balaban J connectivity index is 1.62. The first-order chi connectivity index (χ1) is 19.5. The van der Waals surface area contributed by atoms with Crippen molar-refractivity contribution in [3.05, 3.63) is 48.6 Å². The molecule has 4 aliphatic rings. The first-order valence-electron chi connectivity index (χ1n) is 14.9. The Morgan fingerprint density at radius 3 is 2.24 bits per heavy atom. The third kappa shape index (κ3) is 4.57. The molecule has 0 aromatic heterocycles. The van der Waals surface area contributed by atoms with Crippen LogP contribution in [-0.2, 0) is 19.1 Å². The van der Waals surface area contributed by atoms with E-state index in [0.717, 1.165) is 24.5 Å². The molecule has 1 N–H and O–H groups in total. The molecule has 0 radical (unpaired) electrons. The van der Waals surface area contributed by atoms with Crippen molar-refractivity contribution in [3.8, 4) is 0 Å². The monoisotopic (exact) mass is 564 g/mol. The summed E-state index contributed by atoms with van der Waals surface area (Å²) in [7, 11) is 1.73. The van der Waals surface area contributed by atoms with Crippen molar-refractivity contribution in [2.45, 2.75) is 64.3 Å². The van der Waals surface area contributed by atoms with Crippen molar-refractivity contribution >= 4 is 29.1 Å². The van der Waals surface area contributed by atoms with Gasteiger partial charge in [0.1, 0.15) is 11.6 Å². The topological polar surface area (TPSA) is 93.6 Å². The van der Waals surface area contributed by atoms with Crippen molar-refractivity contribution in [3.63, 3.8) is 0 Å². The lowest BCUT2D eigenvalue weighted by atomic mass is 9.74. The number of hydrogen-bond acceptors (Lipinski definition) is 6. The average Bonchev–Trinajstić information content (AvgIpc) is 3.23. The van der Waals surface area contributed by atoms with E-state index in [1.807, 2.05) is 69.3 Å². The number of likely N-dealkylation sites (N-methyl/N-ethyl adjacent to an activating group) is 1. The van der Waals surface area contributed by atoms with Crippen LogP contribution in [0.5, 0.6) is 0 Å². The number of benzene rings is 1. The minimum Gasteiger partial charge on any atom is -0.394 e. The number of ether oxygens (including phenoxy) is 1. The normalized spacial score (nSPS) is 31.8. The summed E-state index contributed by atoms with van der Waals surface area (Å²) in [5, 5.41) is 10.5. The third-order valence-electron chi connectivity index (χ3n) is 9.33. The van der Waals surface area contributed by atoms with E-state index >= 15 is 0 Å². The number of rotatable bonds is 8. The largest absolute Gasteiger partial charge is 0.394 e. The smallest absolute Gasteiger partial charge is 0.253 e. The zero-order chi connectivity index (χ0) is 29.7. The highest BCUT2D eigenvalue weighted by atomic mass is 16.5. The summed E-state index contributed by atoms with van der Waals surface area (Å²) in [5.74, 6) is -2.25. The van der Waals surface area contributed by atoms with Crippen LogP contribution in [0.4, 0.5) is 11.4 Å². The fourth-order valence-corrected chi connectivity index (χ4v) is 7.46. The van der Waals surface area contributed by atoms with Crippen LogP contribution in [0.2, 0.25) is 0 Å². The summed E-state index contributed by atoms with van der Waals surface area (Å²) in [4.78, 5) is 50.1. The van der Waals surface area contributed by atoms with Gasteiger partial charge in [-0.1, -0.05) is 38.2 Å². The van der Waals surface area contributed by atoms with Crippen molar-refractivity contribution < 1.29 is 24.2 Å². The molecule has 4 aliphatic heterocycles. The molecule has 1 aromatic carbocycles. The van der Waals surface area contributed by atoms with E-state index in [-0.39, 0.29) is 30.2 Å². The number of nitrogens with zero attached hydrogens (tertiary/aromatic N) is 4. The Kier molecular flexibility index (Phi) is 7.80. The summed E-state index contributed by atoms with van der Waals surface area (Å²) in [6.07, 6.45) is 8.04. The van der Waals surface area contributed by atoms with Gasteiger partial charge in [0.2, 0.25) is 11.8 Å². The molecule has 2 fully saturated rings. The van der Waals surface area contributed by atoms with Crippen molar-refractivity contribution in [1.82, 2.24) is 9.80 Å². The number of anilines is 2. The second-order valence-corrected chi connectivity index (χ2v) is 12.4. The lowest BCUT2D eigenvalue weighted by Gasteiger charge is -2.40. The standard InChI is InChI=1S/C32H44N4O5/c1-7-34(8-2)22-11-13-23(14-12-22)35-18-10-16-32-26(25-28(38)33(6)17-9-15-31(25,5)41-32)29(39)36(27(32)30(35)40)24(20-37)19-21(3)4/h9-16,21,24-27,37H,7-8,17-20H2,1-6H3/t24-,25-,26+,27?,31+,32+/m1/s1. The Morgan fingerprint density at radius 2 is 1.63 bits per heavy atom. The summed E-state index contributed by atoms with van der Waals surface area (Å²) in [6.45, 7) is 12.3. The van der Waals surface area contributed by atoms with Gasteiger partial charge in [-0.2, -0.15) is 0 Å². The minimum atomic E-state index is -1.34. The quantitative estimate of drug-likeness (QED) is 0.488. The number of aliphatic hydroxyl groups is 1. The number of aliphatic hydroxyl groups excluding tert-OH is 1. The molecule has 4 heterocycles. The average molecular weight is 565 g/mol. The van der Waals surface area contributed by atoms with E-state index in [2.05, 4.69) is 18.7 Å². The first kappa shape index (κ1) is 29.3. The first-order valence-corrected chi connectivity index (χ1v) is 14.9. The second kappa shape index (κ2) is 10.9. The summed E-state index contributed by atoms with van der Waals surface area (Å²) >= 11 is 0. The molecule has 0 saturated carbocycles. The molecule has 41 heavy (non-hydrogen) atoms. The Hall–Kier alpha value is -3.17. The molecule has 0 aliphatic carbocycles. The molecular formula is C32H44N4O5. The summed E-state index contributed by atoms with van der Waals surface area (Å²) < 4.78 is 6.86. The van der Waals surface area contributed by atoms with Gasteiger partial charge in [0.15, 0.2) is 0 Å². The molecule has 2 saturated heterocycles. The summed E-state index contributed by atoms with van der Waals surface area (Å²) in [6, 6.07) is 6.31. The van der Waals surface area contributed by atoms with Crippen molar-refractivity contribution in [1.29, 1.82) is 0 Å². The number of fused-ring (bicyclic) bond motifs is 2. The molecule has 1 unspecified atom stereocenters. The predicted octanol–water partition coefficient (Wildman–Crippen LogP) is 2.84. The molecule has 1 aromatic rings. The van der Waals surface area contributed by atoms with E-state index in [1.54, 1.807) is 21.7 Å². The fraction of sp³-hybridized carbons (Fsp3) is 0.594. The van der Waals surface area contributed by atoms with E-state index in [1.165, 1.54) is 0 Å². The zero-order valence-electron chi connectivity index (χ0n) is 25.1. The lowest BCUT2D eigenvalue weighted by molar-refractivity contribution is -0.151. The molecule has 1 spiro atoms. The van der Waals surface area contributed by atoms with Gasteiger partial charge in [-0.25, -0.2) is 0 Å². The molecule has 0 bridgehead atoms. The highest BCUT2D eigenvalue weighted by molar-refractivity contribution is 6.06. The van der Waals surface area contributed by atoms with E-state index in [9.17, 15) is 19.5 Å². The van der Waals surface area contributed by atoms with Gasteiger partial charge in [0.05, 0.1) is 30.1 Å². The van der Waals surface area contributed by atoms with Crippen LogP contribution in [0.15, 0.2) is 48.6 Å². The van der Waals surface area contributed by atoms with Crippen LogP contribution in [0.3, 0.4) is 0 Å². The van der Waals surface area contributed by atoms with Gasteiger partial charge in [0.25, 0.3) is 5.91 Å². The van der Waals surface area contributed by atoms with Gasteiger partial charge in [0, 0.05) is 44.6 Å². The highest BCUT2D eigenvalue weighted by Gasteiger charge is 2.75. The van der Waals surface area contributed by atoms with Gasteiger partial charge in [-0.05, 0) is 57.4 Å². The SMILES string of the molecule is CCN(CC)c1ccc(N2CC=C[C@]34O[C@@]5(C)C=CCN(C)C(=O)[C@H]5[C@H]3C(=O)N([C@@H](CO)CC(C)C)C4C2=O)cc1. The number of likely N-dealkylation sites (tertiary alicyclic amines) is 1. The van der Waals surface area contributed by atoms with Crippen LogP contribution >= 0.6 is 0 Å². The minimum absolute atomic E-state index is 0.174. The van der Waals surface area contributed by atoms with Crippen molar-refractivity contribution in [2.24, 2.45) is 17.8 Å². The van der Waals surface area contributed by atoms with Crippen LogP contribution in [0.1, 0.15) is 41.0 Å². The fourth-order valence-electron chi connectivity index (χ4n) is 7.46. The molecule has 6 atom stereocenters. The van der Waals surface area contributed by atoms with Crippen LogP contribution in [-0.4, -0.2) is 95.7 Å². The second-order valence-electron chi connectivity index (χ2n) is 12.4. The number of carbonyl (C=O) groups is 3. The van der Waals surface area contributed by atoms with Gasteiger partial charge >= 0.3 is 0 Å². The van der Waals surface area contributed by atoms with Crippen LogP contribution < -0.4 is 9.80 Å². The maximum Gasteiger partial charge on any atom is 0.253 e. The van der Waals surface area contributed by atoms with Gasteiger partial charge < -0.3 is 29.4 Å². The third-order valence-corrected chi connectivity index (χ3v) is 9.33. The molecule has 9 heteroatoms. The number of amides is 3. The predicted molar refractivity (Wildman–Crippen MR) is 158 cm³/mol. The molecule has 222 valence electrons. The number of hydrogen-bond donors (Lipinski definition) is 1. The van der Waals surface area contributed by atoms with E-state index in [4.69, 9.17) is 4.74 Å². The molecule has 9 nitrogen and oxygen atoms in total. The summed E-state index contributed by atoms with van der Waals surface area (Å²) in [5.41, 5.74) is -0.594. The maximum atomic E-state index is 14.7. The van der Waals surface area contributed by atoms with E-state index in [0.29, 0.717) is 19.5 Å². The molecule has 3 amide bonds. The lowest BCUT2D eigenvalue weighted by Crippen LogP contribution is -2.59. The van der Waals surface area contributed by atoms with Crippen LogP contribution in [0, 0.1) is 17.8 Å². The van der Waals surface area contributed by atoms with Gasteiger partial charge in [-0.15, -0.1) is 0 Å².